The molecule has 2 rings (SSSR count). The molecule has 2 amide bonds. The number of nitro groups is 1. The Balaban J connectivity index is 2.18. The molecule has 0 radical (unpaired) electrons. The van der Waals surface area contributed by atoms with Gasteiger partial charge in [0.25, 0.3) is 11.6 Å². The van der Waals surface area contributed by atoms with Gasteiger partial charge in [0.1, 0.15) is 6.04 Å². The number of halogens is 1. The predicted molar refractivity (Wildman–Crippen MR) is 104 cm³/mol. The second-order valence-electron chi connectivity index (χ2n) is 6.40. The summed E-state index contributed by atoms with van der Waals surface area (Å²) < 4.78 is 0. The zero-order valence-corrected chi connectivity index (χ0v) is 15.9. The highest BCUT2D eigenvalue weighted by Gasteiger charge is 2.26. The number of hydrogen-bond donors (Lipinski definition) is 2. The molecule has 0 saturated heterocycles. The van der Waals surface area contributed by atoms with E-state index in [1.165, 1.54) is 12.1 Å². The maximum Gasteiger partial charge on any atom is 0.274 e. The van der Waals surface area contributed by atoms with Gasteiger partial charge in [0.2, 0.25) is 5.91 Å². The molecule has 0 heterocycles. The fraction of sp³-hybridized carbons (Fsp3) is 0.263. The molecule has 142 valence electrons. The maximum atomic E-state index is 12.7. The summed E-state index contributed by atoms with van der Waals surface area (Å²) in [7, 11) is 0. The molecule has 7 nitrogen and oxygen atoms in total. The van der Waals surface area contributed by atoms with Crippen molar-refractivity contribution in [3.05, 3.63) is 68.7 Å². The SMILES string of the molecule is Cc1c(NC(=O)[C@@H](NC(=O)c2ccc(Cl)cc2)C(C)C)cccc1[N+](=O)[O-]. The van der Waals surface area contributed by atoms with E-state index in [1.54, 1.807) is 51.1 Å². The van der Waals surface area contributed by atoms with Crippen LogP contribution in [-0.2, 0) is 4.79 Å². The third-order valence-electron chi connectivity index (χ3n) is 4.10. The normalized spacial score (nSPS) is 11.7. The summed E-state index contributed by atoms with van der Waals surface area (Å²) in [5, 5.41) is 16.9. The molecule has 1 atom stereocenters. The van der Waals surface area contributed by atoms with Gasteiger partial charge in [0, 0.05) is 16.7 Å². The molecule has 0 unspecified atom stereocenters. The van der Waals surface area contributed by atoms with E-state index in [1.807, 2.05) is 0 Å². The number of rotatable bonds is 6. The van der Waals surface area contributed by atoms with Gasteiger partial charge < -0.3 is 10.6 Å². The van der Waals surface area contributed by atoms with E-state index in [9.17, 15) is 19.7 Å². The first-order chi connectivity index (χ1) is 12.7. The monoisotopic (exact) mass is 389 g/mol. The summed E-state index contributed by atoms with van der Waals surface area (Å²) >= 11 is 5.82. The van der Waals surface area contributed by atoms with Gasteiger partial charge in [0.15, 0.2) is 0 Å². The molecule has 2 N–H and O–H groups in total. The van der Waals surface area contributed by atoms with Crippen molar-refractivity contribution in [2.24, 2.45) is 5.92 Å². The van der Waals surface area contributed by atoms with Crippen molar-refractivity contribution in [1.82, 2.24) is 5.32 Å². The van der Waals surface area contributed by atoms with E-state index < -0.39 is 22.8 Å². The minimum atomic E-state index is -0.813. The summed E-state index contributed by atoms with van der Waals surface area (Å²) in [6.45, 7) is 5.16. The number of nitro benzene ring substituents is 1. The molecule has 0 aliphatic carbocycles. The van der Waals surface area contributed by atoms with Gasteiger partial charge in [-0.25, -0.2) is 0 Å². The summed E-state index contributed by atoms with van der Waals surface area (Å²) in [6, 6.07) is 9.95. The van der Waals surface area contributed by atoms with Crippen molar-refractivity contribution >= 4 is 34.8 Å². The molecular formula is C19H20ClN3O4. The Morgan fingerprint density at radius 3 is 2.30 bits per heavy atom. The average molecular weight is 390 g/mol. The minimum absolute atomic E-state index is 0.0842. The molecule has 0 fully saturated rings. The van der Waals surface area contributed by atoms with Crippen LogP contribution in [0.1, 0.15) is 29.8 Å². The van der Waals surface area contributed by atoms with Gasteiger partial charge >= 0.3 is 0 Å². The molecule has 0 aliphatic heterocycles. The highest BCUT2D eigenvalue weighted by molar-refractivity contribution is 6.30. The fourth-order valence-electron chi connectivity index (χ4n) is 2.53. The molecule has 0 saturated carbocycles. The Kier molecular flexibility index (Phi) is 6.52. The van der Waals surface area contributed by atoms with Crippen molar-refractivity contribution in [1.29, 1.82) is 0 Å². The van der Waals surface area contributed by atoms with Crippen LogP contribution in [0.3, 0.4) is 0 Å². The Bertz CT molecular complexity index is 866. The Morgan fingerprint density at radius 2 is 1.74 bits per heavy atom. The lowest BCUT2D eigenvalue weighted by Crippen LogP contribution is -2.47. The topological polar surface area (TPSA) is 101 Å². The van der Waals surface area contributed by atoms with Crippen molar-refractivity contribution < 1.29 is 14.5 Å². The Labute approximate surface area is 161 Å². The standard InChI is InChI=1S/C19H20ClN3O4/c1-11(2)17(22-18(24)13-7-9-14(20)10-8-13)19(25)21-15-5-4-6-16(12(15)3)23(26)27/h4-11,17H,1-3H3,(H,21,25)(H,22,24)/t17-/m0/s1. The number of carbonyl (C=O) groups excluding carboxylic acids is 2. The molecular weight excluding hydrogens is 370 g/mol. The van der Waals surface area contributed by atoms with Gasteiger partial charge in [-0.05, 0) is 43.2 Å². The van der Waals surface area contributed by atoms with Crippen LogP contribution in [0.2, 0.25) is 5.02 Å². The number of amides is 2. The van der Waals surface area contributed by atoms with Gasteiger partial charge in [-0.2, -0.15) is 0 Å². The summed E-state index contributed by atoms with van der Waals surface area (Å²) in [6.07, 6.45) is 0. The Hall–Kier alpha value is -2.93. The van der Waals surface area contributed by atoms with E-state index >= 15 is 0 Å². The molecule has 27 heavy (non-hydrogen) atoms. The molecule has 0 bridgehead atoms. The summed E-state index contributed by atoms with van der Waals surface area (Å²) in [4.78, 5) is 35.7. The quantitative estimate of drug-likeness (QED) is 0.576. The van der Waals surface area contributed by atoms with E-state index in [2.05, 4.69) is 10.6 Å². The first-order valence-corrected chi connectivity index (χ1v) is 8.69. The highest BCUT2D eigenvalue weighted by Crippen LogP contribution is 2.25. The largest absolute Gasteiger partial charge is 0.340 e. The molecule has 0 spiro atoms. The molecule has 2 aromatic carbocycles. The van der Waals surface area contributed by atoms with Gasteiger partial charge in [-0.3, -0.25) is 19.7 Å². The number of hydrogen-bond acceptors (Lipinski definition) is 4. The van der Waals surface area contributed by atoms with Crippen LogP contribution in [0, 0.1) is 23.0 Å². The number of nitrogens with one attached hydrogen (secondary N) is 2. The van der Waals surface area contributed by atoms with E-state index in [-0.39, 0.29) is 11.6 Å². The minimum Gasteiger partial charge on any atom is -0.340 e. The zero-order valence-electron chi connectivity index (χ0n) is 15.2. The first-order valence-electron chi connectivity index (χ1n) is 8.32. The highest BCUT2D eigenvalue weighted by atomic mass is 35.5. The Morgan fingerprint density at radius 1 is 1.11 bits per heavy atom. The number of carbonyl (C=O) groups is 2. The average Bonchev–Trinajstić information content (AvgIpc) is 2.61. The lowest BCUT2D eigenvalue weighted by molar-refractivity contribution is -0.385. The van der Waals surface area contributed by atoms with Crippen LogP contribution in [0.4, 0.5) is 11.4 Å². The van der Waals surface area contributed by atoms with Crippen LogP contribution >= 0.6 is 11.6 Å². The zero-order chi connectivity index (χ0) is 20.1. The third-order valence-corrected chi connectivity index (χ3v) is 4.35. The van der Waals surface area contributed by atoms with Crippen LogP contribution in [0.5, 0.6) is 0 Å². The maximum absolute atomic E-state index is 12.7. The predicted octanol–water partition coefficient (Wildman–Crippen LogP) is 3.95. The third kappa shape index (κ3) is 5.04. The number of benzene rings is 2. The van der Waals surface area contributed by atoms with Crippen LogP contribution in [0.25, 0.3) is 0 Å². The molecule has 8 heteroatoms. The summed E-state index contributed by atoms with van der Waals surface area (Å²) in [5.74, 6) is -1.05. The second-order valence-corrected chi connectivity index (χ2v) is 6.83. The lowest BCUT2D eigenvalue weighted by atomic mass is 10.0. The van der Waals surface area contributed by atoms with E-state index in [4.69, 9.17) is 11.6 Å². The fourth-order valence-corrected chi connectivity index (χ4v) is 2.65. The van der Waals surface area contributed by atoms with Crippen molar-refractivity contribution in [2.45, 2.75) is 26.8 Å². The number of nitrogens with zero attached hydrogens (tertiary/aromatic N) is 1. The molecule has 2 aromatic rings. The molecule has 0 aromatic heterocycles. The van der Waals surface area contributed by atoms with E-state index in [0.29, 0.717) is 21.8 Å². The van der Waals surface area contributed by atoms with Crippen molar-refractivity contribution in [3.63, 3.8) is 0 Å². The van der Waals surface area contributed by atoms with Crippen LogP contribution in [0.15, 0.2) is 42.5 Å². The van der Waals surface area contributed by atoms with Crippen molar-refractivity contribution in [3.8, 4) is 0 Å². The van der Waals surface area contributed by atoms with Gasteiger partial charge in [0.05, 0.1) is 16.2 Å². The molecule has 0 aliphatic rings. The van der Waals surface area contributed by atoms with Gasteiger partial charge in [-0.15, -0.1) is 0 Å². The summed E-state index contributed by atoms with van der Waals surface area (Å²) in [5.41, 5.74) is 0.978. The van der Waals surface area contributed by atoms with E-state index in [0.717, 1.165) is 0 Å². The van der Waals surface area contributed by atoms with Crippen LogP contribution < -0.4 is 10.6 Å². The van der Waals surface area contributed by atoms with Crippen LogP contribution in [-0.4, -0.2) is 22.8 Å². The lowest BCUT2D eigenvalue weighted by Gasteiger charge is -2.22. The second kappa shape index (κ2) is 8.64. The van der Waals surface area contributed by atoms with Gasteiger partial charge in [-0.1, -0.05) is 31.5 Å². The van der Waals surface area contributed by atoms with Crippen molar-refractivity contribution in [2.75, 3.05) is 5.32 Å². The first kappa shape index (κ1) is 20.4. The smallest absolute Gasteiger partial charge is 0.274 e. The number of anilines is 1.